The molecule has 1 N–H and O–H groups in total. The van der Waals surface area contributed by atoms with E-state index >= 15 is 0 Å². The van der Waals surface area contributed by atoms with Crippen molar-refractivity contribution in [2.75, 3.05) is 26.1 Å². The molecular weight excluding hydrogens is 326 g/mol. The van der Waals surface area contributed by atoms with E-state index in [1.807, 2.05) is 39.2 Å². The number of hydrogen-bond acceptors (Lipinski definition) is 3. The zero-order valence-electron chi connectivity index (χ0n) is 15.5. The maximum Gasteiger partial charge on any atom is 0.307 e. The van der Waals surface area contributed by atoms with Crippen LogP contribution in [-0.4, -0.2) is 32.3 Å². The highest BCUT2D eigenvalue weighted by Gasteiger charge is 2.25. The van der Waals surface area contributed by atoms with E-state index in [9.17, 15) is 9.90 Å². The van der Waals surface area contributed by atoms with Crippen LogP contribution in [0.3, 0.4) is 0 Å². The standard InChI is InChI=1S/C22H23NO3/c1-14-19(11-15-5-7-16(8-6-15)23(2)3)18-10-9-17(26-4)12-21(18)20(14)13-22(24)25/h5-12H,13H2,1-4H3,(H,24,25)/b19-11-. The Morgan fingerprint density at radius 1 is 1.12 bits per heavy atom. The number of rotatable bonds is 5. The van der Waals surface area contributed by atoms with Gasteiger partial charge in [-0.2, -0.15) is 0 Å². The van der Waals surface area contributed by atoms with Gasteiger partial charge in [-0.1, -0.05) is 18.2 Å². The number of ether oxygens (including phenoxy) is 1. The first-order chi connectivity index (χ1) is 12.4. The molecule has 0 bridgehead atoms. The summed E-state index contributed by atoms with van der Waals surface area (Å²) in [6, 6.07) is 14.2. The predicted molar refractivity (Wildman–Crippen MR) is 106 cm³/mol. The number of allylic oxidation sites excluding steroid dienone is 2. The third-order valence-corrected chi connectivity index (χ3v) is 4.75. The van der Waals surface area contributed by atoms with Crippen molar-refractivity contribution in [1.82, 2.24) is 0 Å². The van der Waals surface area contributed by atoms with Crippen molar-refractivity contribution in [3.63, 3.8) is 0 Å². The number of carbonyl (C=O) groups is 1. The average molecular weight is 349 g/mol. The zero-order chi connectivity index (χ0) is 18.8. The number of carboxylic acid groups (broad SMARTS) is 1. The van der Waals surface area contributed by atoms with Gasteiger partial charge in [-0.05, 0) is 70.7 Å². The molecule has 2 aromatic carbocycles. The molecular formula is C22H23NO3. The Morgan fingerprint density at radius 2 is 1.81 bits per heavy atom. The van der Waals surface area contributed by atoms with E-state index in [2.05, 4.69) is 35.2 Å². The first-order valence-corrected chi connectivity index (χ1v) is 8.50. The highest BCUT2D eigenvalue weighted by Crippen LogP contribution is 2.44. The van der Waals surface area contributed by atoms with Crippen LogP contribution in [0.4, 0.5) is 5.69 Å². The second-order valence-electron chi connectivity index (χ2n) is 6.63. The second-order valence-corrected chi connectivity index (χ2v) is 6.63. The third-order valence-electron chi connectivity index (χ3n) is 4.75. The largest absolute Gasteiger partial charge is 0.497 e. The van der Waals surface area contributed by atoms with Gasteiger partial charge in [0.05, 0.1) is 13.5 Å². The van der Waals surface area contributed by atoms with Crippen LogP contribution in [0.25, 0.3) is 17.2 Å². The minimum absolute atomic E-state index is 0.00289. The Balaban J connectivity index is 2.09. The normalized spacial score (nSPS) is 14.5. The fraction of sp³-hybridized carbons (Fsp3) is 0.227. The van der Waals surface area contributed by atoms with Gasteiger partial charge in [0, 0.05) is 19.8 Å². The minimum Gasteiger partial charge on any atom is -0.497 e. The Bertz CT molecular complexity index is 905. The Kier molecular flexibility index (Phi) is 4.85. The van der Waals surface area contributed by atoms with Crippen molar-refractivity contribution in [2.24, 2.45) is 0 Å². The molecule has 0 fully saturated rings. The predicted octanol–water partition coefficient (Wildman–Crippen LogP) is 4.56. The molecule has 4 nitrogen and oxygen atoms in total. The van der Waals surface area contributed by atoms with Crippen LogP contribution in [0, 0.1) is 0 Å². The lowest BCUT2D eigenvalue weighted by molar-refractivity contribution is -0.135. The molecule has 0 spiro atoms. The van der Waals surface area contributed by atoms with Gasteiger partial charge in [0.2, 0.25) is 0 Å². The lowest BCUT2D eigenvalue weighted by atomic mass is 10.0. The van der Waals surface area contributed by atoms with Crippen molar-refractivity contribution >= 4 is 28.9 Å². The summed E-state index contributed by atoms with van der Waals surface area (Å²) in [6.45, 7) is 1.99. The van der Waals surface area contributed by atoms with Crippen LogP contribution < -0.4 is 9.64 Å². The summed E-state index contributed by atoms with van der Waals surface area (Å²) >= 11 is 0. The van der Waals surface area contributed by atoms with Gasteiger partial charge < -0.3 is 14.7 Å². The van der Waals surface area contributed by atoms with Gasteiger partial charge in [0.25, 0.3) is 0 Å². The number of benzene rings is 2. The number of anilines is 1. The van der Waals surface area contributed by atoms with Gasteiger partial charge in [-0.25, -0.2) is 0 Å². The van der Waals surface area contributed by atoms with E-state index in [1.54, 1.807) is 7.11 Å². The molecule has 0 unspecified atom stereocenters. The maximum absolute atomic E-state index is 11.3. The van der Waals surface area contributed by atoms with E-state index in [0.29, 0.717) is 0 Å². The first kappa shape index (κ1) is 17.8. The van der Waals surface area contributed by atoms with Crippen molar-refractivity contribution < 1.29 is 14.6 Å². The van der Waals surface area contributed by atoms with Crippen LogP contribution in [0.1, 0.15) is 30.0 Å². The molecule has 0 atom stereocenters. The van der Waals surface area contributed by atoms with Crippen molar-refractivity contribution in [3.05, 3.63) is 64.7 Å². The molecule has 0 saturated heterocycles. The molecule has 2 aromatic rings. The molecule has 3 rings (SSSR count). The lowest BCUT2D eigenvalue weighted by Gasteiger charge is -2.12. The second kappa shape index (κ2) is 7.08. The molecule has 1 aliphatic carbocycles. The topological polar surface area (TPSA) is 49.8 Å². The summed E-state index contributed by atoms with van der Waals surface area (Å²) in [5.74, 6) is -0.0965. The van der Waals surface area contributed by atoms with Gasteiger partial charge in [0.15, 0.2) is 0 Å². The van der Waals surface area contributed by atoms with Crippen molar-refractivity contribution in [2.45, 2.75) is 13.3 Å². The molecule has 134 valence electrons. The summed E-state index contributed by atoms with van der Waals surface area (Å²) in [5.41, 5.74) is 7.15. The molecule has 1 aliphatic rings. The van der Waals surface area contributed by atoms with Crippen LogP contribution in [-0.2, 0) is 4.79 Å². The Hall–Kier alpha value is -3.01. The van der Waals surface area contributed by atoms with Gasteiger partial charge in [-0.3, -0.25) is 4.79 Å². The van der Waals surface area contributed by atoms with Gasteiger partial charge >= 0.3 is 5.97 Å². The van der Waals surface area contributed by atoms with Gasteiger partial charge in [-0.15, -0.1) is 0 Å². The summed E-state index contributed by atoms with van der Waals surface area (Å²) in [7, 11) is 5.64. The number of nitrogens with zero attached hydrogens (tertiary/aromatic N) is 1. The quantitative estimate of drug-likeness (QED) is 0.859. The Morgan fingerprint density at radius 3 is 2.38 bits per heavy atom. The fourth-order valence-electron chi connectivity index (χ4n) is 3.30. The SMILES string of the molecule is COc1ccc2c(c1)C(CC(=O)O)=C(C)/C2=C/c1ccc(N(C)C)cc1. The summed E-state index contributed by atoms with van der Waals surface area (Å²) in [6.07, 6.45) is 2.12. The first-order valence-electron chi connectivity index (χ1n) is 8.50. The molecule has 0 aliphatic heterocycles. The summed E-state index contributed by atoms with van der Waals surface area (Å²) in [5, 5.41) is 9.31. The number of carboxylic acids is 1. The molecule has 4 heteroatoms. The van der Waals surface area contributed by atoms with Crippen molar-refractivity contribution in [1.29, 1.82) is 0 Å². The van der Waals surface area contributed by atoms with Crippen molar-refractivity contribution in [3.8, 4) is 5.75 Å². The monoisotopic (exact) mass is 349 g/mol. The molecule has 26 heavy (non-hydrogen) atoms. The Labute approximate surface area is 154 Å². The lowest BCUT2D eigenvalue weighted by Crippen LogP contribution is -2.07. The fourth-order valence-corrected chi connectivity index (χ4v) is 3.30. The van der Waals surface area contributed by atoms with E-state index < -0.39 is 5.97 Å². The van der Waals surface area contributed by atoms with Crippen LogP contribution in [0.5, 0.6) is 5.75 Å². The number of aliphatic carboxylic acids is 1. The number of fused-ring (bicyclic) bond motifs is 1. The van der Waals surface area contributed by atoms with Crippen LogP contribution in [0.2, 0.25) is 0 Å². The smallest absolute Gasteiger partial charge is 0.307 e. The van der Waals surface area contributed by atoms with Gasteiger partial charge in [0.1, 0.15) is 5.75 Å². The summed E-state index contributed by atoms with van der Waals surface area (Å²) in [4.78, 5) is 13.4. The molecule has 0 heterocycles. The minimum atomic E-state index is -0.829. The van der Waals surface area contributed by atoms with Crippen LogP contribution in [0.15, 0.2) is 48.0 Å². The highest BCUT2D eigenvalue weighted by atomic mass is 16.5. The number of hydrogen-bond donors (Lipinski definition) is 1. The zero-order valence-corrected chi connectivity index (χ0v) is 15.5. The average Bonchev–Trinajstić information content (AvgIpc) is 2.87. The number of methoxy groups -OCH3 is 1. The van der Waals surface area contributed by atoms with E-state index in [1.165, 1.54) is 0 Å². The molecule has 0 radical (unpaired) electrons. The van der Waals surface area contributed by atoms with E-state index in [0.717, 1.165) is 44.8 Å². The molecule has 0 amide bonds. The van der Waals surface area contributed by atoms with E-state index in [4.69, 9.17) is 4.74 Å². The maximum atomic E-state index is 11.3. The summed E-state index contributed by atoms with van der Waals surface area (Å²) < 4.78 is 5.32. The molecule has 0 aromatic heterocycles. The third kappa shape index (κ3) is 3.36. The van der Waals surface area contributed by atoms with Crippen LogP contribution >= 0.6 is 0 Å². The highest BCUT2D eigenvalue weighted by molar-refractivity contribution is 6.07. The molecule has 0 saturated carbocycles. The van der Waals surface area contributed by atoms with E-state index in [-0.39, 0.29) is 6.42 Å².